The number of benzene rings is 1. The monoisotopic (exact) mass is 326 g/mol. The molecule has 0 aliphatic carbocycles. The lowest BCUT2D eigenvalue weighted by Crippen LogP contribution is -2.15. The first kappa shape index (κ1) is 15.5. The summed E-state index contributed by atoms with van der Waals surface area (Å²) in [7, 11) is 0. The molecule has 0 spiro atoms. The summed E-state index contributed by atoms with van der Waals surface area (Å²) < 4.78 is 5.44. The number of nitrogens with one attached hydrogen (secondary N) is 1. The van der Waals surface area contributed by atoms with Crippen molar-refractivity contribution < 1.29 is 9.21 Å². The van der Waals surface area contributed by atoms with Crippen LogP contribution in [0.3, 0.4) is 0 Å². The number of hydrogen-bond donors (Lipinski definition) is 1. The third-order valence-corrected chi connectivity index (χ3v) is 4.66. The zero-order valence-corrected chi connectivity index (χ0v) is 14.4. The van der Waals surface area contributed by atoms with Gasteiger partial charge in [0.1, 0.15) is 0 Å². The van der Waals surface area contributed by atoms with Gasteiger partial charge in [0.05, 0.1) is 4.88 Å². The fraction of sp³-hybridized carbons (Fsp3) is 0.222. The van der Waals surface area contributed by atoms with Crippen LogP contribution >= 0.6 is 11.3 Å². The summed E-state index contributed by atoms with van der Waals surface area (Å²) >= 11 is 1.58. The van der Waals surface area contributed by atoms with Crippen LogP contribution in [0.1, 0.15) is 32.1 Å². The molecule has 2 aromatic heterocycles. The summed E-state index contributed by atoms with van der Waals surface area (Å²) in [5.74, 6) is 0.262. The maximum atomic E-state index is 12.6. The van der Waals surface area contributed by atoms with Gasteiger partial charge in [-0.25, -0.2) is 4.98 Å². The Balaban J connectivity index is 1.93. The third-order valence-electron chi connectivity index (χ3n) is 3.66. The molecule has 1 amide bonds. The van der Waals surface area contributed by atoms with E-state index in [-0.39, 0.29) is 5.91 Å². The Hall–Kier alpha value is -2.40. The molecule has 0 saturated heterocycles. The molecule has 0 fully saturated rings. The Morgan fingerprint density at radius 3 is 2.43 bits per heavy atom. The van der Waals surface area contributed by atoms with Crippen LogP contribution in [0, 0.1) is 27.7 Å². The predicted molar refractivity (Wildman–Crippen MR) is 93.2 cm³/mol. The Labute approximate surface area is 139 Å². The number of aryl methyl sites for hydroxylation is 4. The molecule has 3 aromatic rings. The molecule has 0 aliphatic rings. The lowest BCUT2D eigenvalue weighted by Gasteiger charge is -2.12. The predicted octanol–water partition coefficient (Wildman–Crippen LogP) is 4.89. The van der Waals surface area contributed by atoms with Crippen molar-refractivity contribution in [2.75, 3.05) is 5.32 Å². The second kappa shape index (κ2) is 6.01. The average molecular weight is 326 g/mol. The van der Waals surface area contributed by atoms with Gasteiger partial charge in [-0.1, -0.05) is 17.7 Å². The van der Waals surface area contributed by atoms with Crippen molar-refractivity contribution in [3.05, 3.63) is 57.9 Å². The molecule has 5 heteroatoms. The van der Waals surface area contributed by atoms with E-state index in [1.165, 1.54) is 12.0 Å². The van der Waals surface area contributed by atoms with Crippen LogP contribution in [0.15, 0.2) is 35.1 Å². The highest BCUT2D eigenvalue weighted by molar-refractivity contribution is 7.15. The molecule has 4 nitrogen and oxygen atoms in total. The van der Waals surface area contributed by atoms with Gasteiger partial charge in [0.2, 0.25) is 0 Å². The number of thiophene rings is 1. The fourth-order valence-corrected chi connectivity index (χ4v) is 3.55. The largest absolute Gasteiger partial charge is 0.442 e. The van der Waals surface area contributed by atoms with E-state index in [1.807, 2.05) is 39.8 Å². The fourth-order valence-electron chi connectivity index (χ4n) is 2.69. The number of amides is 1. The first-order valence-electron chi connectivity index (χ1n) is 7.35. The van der Waals surface area contributed by atoms with Crippen molar-refractivity contribution in [1.82, 2.24) is 4.98 Å². The van der Waals surface area contributed by atoms with E-state index in [4.69, 9.17) is 4.42 Å². The van der Waals surface area contributed by atoms with Crippen LogP contribution in [-0.4, -0.2) is 10.9 Å². The summed E-state index contributed by atoms with van der Waals surface area (Å²) in [6.45, 7) is 8.04. The van der Waals surface area contributed by atoms with E-state index in [0.29, 0.717) is 11.5 Å². The van der Waals surface area contributed by atoms with Gasteiger partial charge in [0, 0.05) is 10.6 Å². The van der Waals surface area contributed by atoms with Crippen molar-refractivity contribution >= 4 is 22.9 Å². The number of hydrogen-bond acceptors (Lipinski definition) is 4. The quantitative estimate of drug-likeness (QED) is 0.745. The van der Waals surface area contributed by atoms with Crippen LogP contribution in [0.5, 0.6) is 0 Å². The minimum Gasteiger partial charge on any atom is -0.442 e. The van der Waals surface area contributed by atoms with E-state index in [2.05, 4.69) is 22.4 Å². The Morgan fingerprint density at radius 1 is 1.13 bits per heavy atom. The number of carbonyl (C=O) groups excluding carboxylic acids is 1. The minimum atomic E-state index is -0.255. The van der Waals surface area contributed by atoms with Crippen LogP contribution in [-0.2, 0) is 0 Å². The standard InChI is InChI=1S/C18H18N2O2S/c1-10-7-11(2)15(12(3)8-10)20-18(21)16-17(22-9-19-16)14-6-5-13(4)23-14/h5-9H,1-4H3,(H,20,21). The van der Waals surface area contributed by atoms with E-state index in [0.717, 1.165) is 26.6 Å². The first-order valence-corrected chi connectivity index (χ1v) is 8.17. The van der Waals surface area contributed by atoms with E-state index in [1.54, 1.807) is 11.3 Å². The summed E-state index contributed by atoms with van der Waals surface area (Å²) in [5.41, 5.74) is 4.39. The highest BCUT2D eigenvalue weighted by atomic mass is 32.1. The van der Waals surface area contributed by atoms with Crippen LogP contribution in [0.4, 0.5) is 5.69 Å². The van der Waals surface area contributed by atoms with Gasteiger partial charge in [0.25, 0.3) is 5.91 Å². The second-order valence-corrected chi connectivity index (χ2v) is 6.96. The maximum absolute atomic E-state index is 12.6. The Kier molecular flexibility index (Phi) is 4.05. The molecule has 0 bridgehead atoms. The third kappa shape index (κ3) is 3.05. The molecular weight excluding hydrogens is 308 g/mol. The van der Waals surface area contributed by atoms with E-state index >= 15 is 0 Å². The van der Waals surface area contributed by atoms with Gasteiger partial charge >= 0.3 is 0 Å². The topological polar surface area (TPSA) is 55.1 Å². The van der Waals surface area contributed by atoms with Gasteiger partial charge in [-0.15, -0.1) is 11.3 Å². The Bertz CT molecular complexity index is 854. The van der Waals surface area contributed by atoms with Crippen molar-refractivity contribution in [3.63, 3.8) is 0 Å². The smallest absolute Gasteiger partial charge is 0.278 e. The molecule has 118 valence electrons. The molecule has 0 unspecified atom stereocenters. The number of nitrogens with zero attached hydrogens (tertiary/aromatic N) is 1. The summed E-state index contributed by atoms with van der Waals surface area (Å²) in [6, 6.07) is 8.04. The van der Waals surface area contributed by atoms with E-state index < -0.39 is 0 Å². The molecule has 1 N–H and O–H groups in total. The van der Waals surface area contributed by atoms with Gasteiger partial charge in [-0.2, -0.15) is 0 Å². The van der Waals surface area contributed by atoms with Crippen molar-refractivity contribution in [2.24, 2.45) is 0 Å². The van der Waals surface area contributed by atoms with Gasteiger partial charge in [-0.05, 0) is 51.0 Å². The molecular formula is C18H18N2O2S. The molecule has 0 aliphatic heterocycles. The molecule has 0 saturated carbocycles. The lowest BCUT2D eigenvalue weighted by molar-refractivity contribution is 0.102. The molecule has 0 atom stereocenters. The van der Waals surface area contributed by atoms with Crippen molar-refractivity contribution in [1.29, 1.82) is 0 Å². The van der Waals surface area contributed by atoms with Crippen LogP contribution < -0.4 is 5.32 Å². The first-order chi connectivity index (χ1) is 11.0. The Morgan fingerprint density at radius 2 is 1.83 bits per heavy atom. The minimum absolute atomic E-state index is 0.255. The molecule has 23 heavy (non-hydrogen) atoms. The number of oxazole rings is 1. The van der Waals surface area contributed by atoms with Crippen LogP contribution in [0.25, 0.3) is 10.6 Å². The number of aromatic nitrogens is 1. The van der Waals surface area contributed by atoms with Crippen molar-refractivity contribution in [3.8, 4) is 10.6 Å². The highest BCUT2D eigenvalue weighted by Gasteiger charge is 2.20. The maximum Gasteiger partial charge on any atom is 0.278 e. The number of anilines is 1. The SMILES string of the molecule is Cc1cc(C)c(NC(=O)c2ncoc2-c2ccc(C)s2)c(C)c1. The van der Waals surface area contributed by atoms with Gasteiger partial charge in [-0.3, -0.25) is 4.79 Å². The zero-order valence-electron chi connectivity index (χ0n) is 13.6. The number of carbonyl (C=O) groups is 1. The van der Waals surface area contributed by atoms with Gasteiger partial charge in [0.15, 0.2) is 17.8 Å². The van der Waals surface area contributed by atoms with Crippen LogP contribution in [0.2, 0.25) is 0 Å². The summed E-state index contributed by atoms with van der Waals surface area (Å²) in [4.78, 5) is 18.8. The molecule has 1 aromatic carbocycles. The summed E-state index contributed by atoms with van der Waals surface area (Å²) in [6.07, 6.45) is 1.31. The average Bonchev–Trinajstić information content (AvgIpc) is 3.10. The normalized spacial score (nSPS) is 10.8. The second-order valence-electron chi connectivity index (χ2n) is 5.67. The molecule has 2 heterocycles. The molecule has 3 rings (SSSR count). The lowest BCUT2D eigenvalue weighted by atomic mass is 10.0. The van der Waals surface area contributed by atoms with Gasteiger partial charge < -0.3 is 9.73 Å². The van der Waals surface area contributed by atoms with Crippen molar-refractivity contribution in [2.45, 2.75) is 27.7 Å². The number of rotatable bonds is 3. The summed E-state index contributed by atoms with van der Waals surface area (Å²) in [5, 5.41) is 2.97. The highest BCUT2D eigenvalue weighted by Crippen LogP contribution is 2.31. The van der Waals surface area contributed by atoms with E-state index in [9.17, 15) is 4.79 Å². The molecule has 0 radical (unpaired) electrons. The zero-order chi connectivity index (χ0) is 16.6.